The third-order valence-corrected chi connectivity index (χ3v) is 5.40. The van der Waals surface area contributed by atoms with Crippen LogP contribution in [0.4, 0.5) is 0 Å². The summed E-state index contributed by atoms with van der Waals surface area (Å²) in [5.41, 5.74) is 1.40. The average molecular weight is 372 g/mol. The highest BCUT2D eigenvalue weighted by atomic mass is 32.2. The normalized spacial score (nSPS) is 10.6. The number of thiazole rings is 1. The molecule has 0 aliphatic carbocycles. The van der Waals surface area contributed by atoms with Crippen LogP contribution in [-0.2, 0) is 17.8 Å². The smallest absolute Gasteiger partial charge is 0.226 e. The van der Waals surface area contributed by atoms with E-state index in [-0.39, 0.29) is 18.1 Å². The lowest BCUT2D eigenvalue weighted by Crippen LogP contribution is -2.24. The number of carbonyl (C=O) groups is 2. The van der Waals surface area contributed by atoms with Crippen LogP contribution in [0.15, 0.2) is 62.9 Å². The Labute approximate surface area is 153 Å². The van der Waals surface area contributed by atoms with Crippen molar-refractivity contribution >= 4 is 34.8 Å². The van der Waals surface area contributed by atoms with Gasteiger partial charge in [-0.3, -0.25) is 9.59 Å². The molecule has 1 amide bonds. The predicted octanol–water partition coefficient (Wildman–Crippen LogP) is 3.57. The first kappa shape index (κ1) is 17.4. The van der Waals surface area contributed by atoms with Crippen molar-refractivity contribution < 1.29 is 14.0 Å². The molecule has 128 valence electrons. The average Bonchev–Trinajstić information content (AvgIpc) is 3.30. The van der Waals surface area contributed by atoms with Gasteiger partial charge in [-0.2, -0.15) is 0 Å². The van der Waals surface area contributed by atoms with E-state index in [1.54, 1.807) is 24.5 Å². The second-order valence-electron chi connectivity index (χ2n) is 5.22. The summed E-state index contributed by atoms with van der Waals surface area (Å²) in [5.74, 6) is 1.00. The first-order valence-corrected chi connectivity index (χ1v) is 9.52. The molecule has 25 heavy (non-hydrogen) atoms. The van der Waals surface area contributed by atoms with E-state index in [2.05, 4.69) is 10.3 Å². The van der Waals surface area contributed by atoms with Crippen molar-refractivity contribution in [3.63, 3.8) is 0 Å². The Balaban J connectivity index is 1.45. The molecule has 2 heterocycles. The highest BCUT2D eigenvalue weighted by Crippen LogP contribution is 2.23. The van der Waals surface area contributed by atoms with Crippen molar-refractivity contribution in [3.05, 3.63) is 71.1 Å². The second-order valence-corrected chi connectivity index (χ2v) is 7.30. The minimum absolute atomic E-state index is 0.0681. The summed E-state index contributed by atoms with van der Waals surface area (Å²) in [5, 5.41) is 4.63. The molecule has 0 spiro atoms. The number of rotatable bonds is 8. The number of furan rings is 1. The number of ketones is 1. The fourth-order valence-corrected chi connectivity index (χ4v) is 3.84. The number of benzene rings is 1. The summed E-state index contributed by atoms with van der Waals surface area (Å²) >= 11 is 2.84. The molecule has 1 N–H and O–H groups in total. The van der Waals surface area contributed by atoms with Crippen LogP contribution in [0.25, 0.3) is 0 Å². The van der Waals surface area contributed by atoms with Gasteiger partial charge in [0.1, 0.15) is 5.76 Å². The van der Waals surface area contributed by atoms with Gasteiger partial charge < -0.3 is 9.73 Å². The lowest BCUT2D eigenvalue weighted by atomic mass is 10.2. The largest absolute Gasteiger partial charge is 0.467 e. The van der Waals surface area contributed by atoms with Crippen molar-refractivity contribution in [1.29, 1.82) is 0 Å². The molecule has 0 saturated heterocycles. The molecule has 0 saturated carbocycles. The van der Waals surface area contributed by atoms with Crippen LogP contribution in [0.3, 0.4) is 0 Å². The third-order valence-electron chi connectivity index (χ3n) is 3.33. The molecule has 2 aromatic heterocycles. The topological polar surface area (TPSA) is 72.2 Å². The van der Waals surface area contributed by atoms with Gasteiger partial charge in [-0.15, -0.1) is 11.3 Å². The van der Waals surface area contributed by atoms with Gasteiger partial charge in [0.15, 0.2) is 10.1 Å². The Hall–Kier alpha value is -2.38. The number of carbonyl (C=O) groups excluding carboxylic acids is 2. The van der Waals surface area contributed by atoms with Gasteiger partial charge in [0.05, 0.1) is 30.7 Å². The zero-order valence-corrected chi connectivity index (χ0v) is 14.9. The number of hydrogen-bond acceptors (Lipinski definition) is 6. The van der Waals surface area contributed by atoms with Crippen molar-refractivity contribution in [3.8, 4) is 0 Å². The highest BCUT2D eigenvalue weighted by Gasteiger charge is 2.11. The van der Waals surface area contributed by atoms with Crippen molar-refractivity contribution in [2.45, 2.75) is 17.3 Å². The third kappa shape index (κ3) is 5.30. The molecule has 5 nitrogen and oxygen atoms in total. The summed E-state index contributed by atoms with van der Waals surface area (Å²) in [6.07, 6.45) is 1.78. The minimum atomic E-state index is -0.112. The van der Waals surface area contributed by atoms with Crippen LogP contribution in [0, 0.1) is 0 Å². The molecule has 0 bridgehead atoms. The maximum Gasteiger partial charge on any atom is 0.226 e. The summed E-state index contributed by atoms with van der Waals surface area (Å²) in [6, 6.07) is 12.8. The van der Waals surface area contributed by atoms with Crippen LogP contribution >= 0.6 is 23.1 Å². The molecule has 0 atom stereocenters. The number of aromatic nitrogens is 1. The van der Waals surface area contributed by atoms with E-state index in [1.807, 2.05) is 29.6 Å². The van der Waals surface area contributed by atoms with E-state index in [0.717, 1.165) is 4.34 Å². The van der Waals surface area contributed by atoms with E-state index >= 15 is 0 Å². The molecule has 0 aliphatic heterocycles. The minimum Gasteiger partial charge on any atom is -0.467 e. The van der Waals surface area contributed by atoms with E-state index in [1.165, 1.54) is 23.1 Å². The van der Waals surface area contributed by atoms with Crippen LogP contribution in [0.5, 0.6) is 0 Å². The maximum absolute atomic E-state index is 12.1. The molecule has 0 aliphatic rings. The Morgan fingerprint density at radius 1 is 1.16 bits per heavy atom. The summed E-state index contributed by atoms with van der Waals surface area (Å²) < 4.78 is 5.96. The molecular formula is C18H16N2O3S2. The monoisotopic (exact) mass is 372 g/mol. The van der Waals surface area contributed by atoms with Gasteiger partial charge in [0, 0.05) is 10.9 Å². The van der Waals surface area contributed by atoms with E-state index in [9.17, 15) is 9.59 Å². The Morgan fingerprint density at radius 3 is 2.76 bits per heavy atom. The van der Waals surface area contributed by atoms with Crippen LogP contribution in [0.2, 0.25) is 0 Å². The second kappa shape index (κ2) is 8.64. The molecular weight excluding hydrogens is 356 g/mol. The van der Waals surface area contributed by atoms with Crippen LogP contribution < -0.4 is 5.32 Å². The Bertz CT molecular complexity index is 829. The number of thioether (sulfide) groups is 1. The number of Topliss-reactive ketones (excluding diaryl/α,β-unsaturated/α-hetero) is 1. The Kier molecular flexibility index (Phi) is 6.03. The molecule has 3 rings (SSSR count). The van der Waals surface area contributed by atoms with E-state index in [4.69, 9.17) is 4.42 Å². The maximum atomic E-state index is 12.1. The van der Waals surface area contributed by atoms with Gasteiger partial charge in [0.2, 0.25) is 5.91 Å². The van der Waals surface area contributed by atoms with Crippen molar-refractivity contribution in [1.82, 2.24) is 10.3 Å². The fraction of sp³-hybridized carbons (Fsp3) is 0.167. The Morgan fingerprint density at radius 2 is 2.00 bits per heavy atom. The first-order chi connectivity index (χ1) is 12.2. The number of nitrogens with one attached hydrogen (secondary N) is 1. The molecule has 0 radical (unpaired) electrons. The number of nitrogens with zero attached hydrogens (tertiary/aromatic N) is 1. The quantitative estimate of drug-likeness (QED) is 0.483. The molecule has 1 aromatic carbocycles. The van der Waals surface area contributed by atoms with Gasteiger partial charge in [-0.05, 0) is 12.1 Å². The lowest BCUT2D eigenvalue weighted by Gasteiger charge is -2.01. The summed E-state index contributed by atoms with van der Waals surface area (Å²) in [4.78, 5) is 28.4. The lowest BCUT2D eigenvalue weighted by molar-refractivity contribution is -0.120. The molecule has 3 aromatic rings. The van der Waals surface area contributed by atoms with Gasteiger partial charge in [-0.25, -0.2) is 4.98 Å². The van der Waals surface area contributed by atoms with E-state index < -0.39 is 0 Å². The predicted molar refractivity (Wildman–Crippen MR) is 97.9 cm³/mol. The fourth-order valence-electron chi connectivity index (χ4n) is 2.10. The standard InChI is InChI=1S/C18H16N2O3S2/c21-16(13-5-2-1-3-6-13)12-25-18-20-14(11-24-18)9-17(22)19-10-15-7-4-8-23-15/h1-8,11H,9-10,12H2,(H,19,22). The molecule has 0 fully saturated rings. The van der Waals surface area contributed by atoms with Gasteiger partial charge in [-0.1, -0.05) is 42.1 Å². The molecule has 0 unspecified atom stereocenters. The van der Waals surface area contributed by atoms with Crippen LogP contribution in [0.1, 0.15) is 21.8 Å². The van der Waals surface area contributed by atoms with Gasteiger partial charge in [0.25, 0.3) is 0 Å². The molecule has 7 heteroatoms. The highest BCUT2D eigenvalue weighted by molar-refractivity contribution is 8.01. The van der Waals surface area contributed by atoms with Crippen molar-refractivity contribution in [2.75, 3.05) is 5.75 Å². The SMILES string of the molecule is O=C(Cc1csc(SCC(=O)c2ccccc2)n1)NCc1ccco1. The van der Waals surface area contributed by atoms with E-state index in [0.29, 0.717) is 29.3 Å². The first-order valence-electron chi connectivity index (χ1n) is 7.65. The zero-order valence-electron chi connectivity index (χ0n) is 13.3. The summed E-state index contributed by atoms with van der Waals surface area (Å²) in [6.45, 7) is 0.364. The van der Waals surface area contributed by atoms with Crippen molar-refractivity contribution in [2.24, 2.45) is 0 Å². The van der Waals surface area contributed by atoms with Crippen LogP contribution in [-0.4, -0.2) is 22.4 Å². The zero-order chi connectivity index (χ0) is 17.5. The van der Waals surface area contributed by atoms with Gasteiger partial charge >= 0.3 is 0 Å². The summed E-state index contributed by atoms with van der Waals surface area (Å²) in [7, 11) is 0. The number of hydrogen-bond donors (Lipinski definition) is 1. The number of amides is 1.